The van der Waals surface area contributed by atoms with Gasteiger partial charge in [0.2, 0.25) is 0 Å². The molecule has 1 N–H and O–H groups in total. The van der Waals surface area contributed by atoms with Crippen molar-refractivity contribution in [2.24, 2.45) is 0 Å². The van der Waals surface area contributed by atoms with Gasteiger partial charge in [0.1, 0.15) is 6.17 Å². The zero-order valence-electron chi connectivity index (χ0n) is 11.6. The first-order chi connectivity index (χ1) is 9.31. The Balaban J connectivity index is 2.10. The lowest BCUT2D eigenvalue weighted by Crippen LogP contribution is -2.19. The highest BCUT2D eigenvalue weighted by atomic mass is 19.1. The third kappa shape index (κ3) is 2.29. The van der Waals surface area contributed by atoms with E-state index < -0.39 is 6.17 Å². The van der Waals surface area contributed by atoms with E-state index in [-0.39, 0.29) is 5.92 Å². The van der Waals surface area contributed by atoms with E-state index in [2.05, 4.69) is 30.1 Å². The fraction of sp³-hybridized carbons (Fsp3) is 0.529. The molecule has 2 aromatic rings. The summed E-state index contributed by atoms with van der Waals surface area (Å²) in [4.78, 5) is 3.52. The van der Waals surface area contributed by atoms with Gasteiger partial charge in [0.15, 0.2) is 0 Å². The molecule has 19 heavy (non-hydrogen) atoms. The number of rotatable bonds is 3. The van der Waals surface area contributed by atoms with Gasteiger partial charge in [-0.05, 0) is 30.9 Å². The molecule has 0 bridgehead atoms. The summed E-state index contributed by atoms with van der Waals surface area (Å²) >= 11 is 0. The van der Waals surface area contributed by atoms with Crippen molar-refractivity contribution in [2.75, 3.05) is 0 Å². The number of halogens is 1. The van der Waals surface area contributed by atoms with Gasteiger partial charge >= 0.3 is 0 Å². The lowest BCUT2D eigenvalue weighted by molar-refractivity contribution is 0.216. The standard InChI is InChI=1S/C17H22FN/c1-2-7-16-17(12-8-3-5-10-14(12)18)13-9-4-6-11-15(13)19-16/h4,6,9,11-12,14,19H,2-3,5,7-8,10H2,1H3. The van der Waals surface area contributed by atoms with Crippen LogP contribution >= 0.6 is 0 Å². The SMILES string of the molecule is CCCc1[nH]c2ccccc2c1C1CCCCC1F. The van der Waals surface area contributed by atoms with Gasteiger partial charge in [-0.15, -0.1) is 0 Å². The van der Waals surface area contributed by atoms with Crippen molar-refractivity contribution in [3.8, 4) is 0 Å². The van der Waals surface area contributed by atoms with Crippen LogP contribution in [-0.4, -0.2) is 11.2 Å². The van der Waals surface area contributed by atoms with Gasteiger partial charge in [-0.3, -0.25) is 0 Å². The summed E-state index contributed by atoms with van der Waals surface area (Å²) < 4.78 is 14.3. The van der Waals surface area contributed by atoms with E-state index in [0.29, 0.717) is 0 Å². The van der Waals surface area contributed by atoms with Crippen molar-refractivity contribution < 1.29 is 4.39 Å². The minimum absolute atomic E-state index is 0.103. The van der Waals surface area contributed by atoms with Gasteiger partial charge in [-0.1, -0.05) is 44.4 Å². The topological polar surface area (TPSA) is 15.8 Å². The quantitative estimate of drug-likeness (QED) is 0.787. The van der Waals surface area contributed by atoms with Crippen LogP contribution in [0.1, 0.15) is 56.2 Å². The number of benzene rings is 1. The predicted molar refractivity (Wildman–Crippen MR) is 78.4 cm³/mol. The molecule has 1 saturated carbocycles. The molecule has 1 aromatic heterocycles. The van der Waals surface area contributed by atoms with E-state index in [1.54, 1.807) is 0 Å². The van der Waals surface area contributed by atoms with Crippen LogP contribution in [0.4, 0.5) is 4.39 Å². The molecule has 2 heteroatoms. The average molecular weight is 259 g/mol. The first-order valence-corrected chi connectivity index (χ1v) is 7.54. The van der Waals surface area contributed by atoms with E-state index >= 15 is 0 Å². The van der Waals surface area contributed by atoms with Crippen LogP contribution in [0, 0.1) is 0 Å². The van der Waals surface area contributed by atoms with Crippen molar-refractivity contribution in [1.29, 1.82) is 0 Å². The van der Waals surface area contributed by atoms with Crippen LogP contribution in [0.5, 0.6) is 0 Å². The van der Waals surface area contributed by atoms with Gasteiger partial charge in [-0.2, -0.15) is 0 Å². The predicted octanol–water partition coefficient (Wildman–Crippen LogP) is 5.12. The molecule has 2 atom stereocenters. The molecule has 1 heterocycles. The maximum atomic E-state index is 14.3. The molecule has 0 saturated heterocycles. The van der Waals surface area contributed by atoms with E-state index in [0.717, 1.165) is 38.5 Å². The van der Waals surface area contributed by atoms with Gasteiger partial charge in [0.05, 0.1) is 0 Å². The summed E-state index contributed by atoms with van der Waals surface area (Å²) in [6.07, 6.45) is 5.40. The van der Waals surface area contributed by atoms with Crippen molar-refractivity contribution in [3.05, 3.63) is 35.5 Å². The molecule has 2 unspecified atom stereocenters. The van der Waals surface area contributed by atoms with Gasteiger partial charge in [0.25, 0.3) is 0 Å². The Morgan fingerprint density at radius 2 is 2.00 bits per heavy atom. The second kappa shape index (κ2) is 5.36. The largest absolute Gasteiger partial charge is 0.358 e. The van der Waals surface area contributed by atoms with Crippen molar-refractivity contribution in [3.63, 3.8) is 0 Å². The number of nitrogens with one attached hydrogen (secondary N) is 1. The summed E-state index contributed by atoms with van der Waals surface area (Å²) in [6.45, 7) is 2.18. The van der Waals surface area contributed by atoms with E-state index in [1.165, 1.54) is 22.2 Å². The van der Waals surface area contributed by atoms with E-state index in [4.69, 9.17) is 0 Å². The highest BCUT2D eigenvalue weighted by molar-refractivity contribution is 5.85. The number of aromatic nitrogens is 1. The normalized spacial score (nSPS) is 23.9. The number of alkyl halides is 1. The Morgan fingerprint density at radius 3 is 2.79 bits per heavy atom. The Kier molecular flexibility index (Phi) is 3.58. The van der Waals surface area contributed by atoms with Crippen LogP contribution in [0.2, 0.25) is 0 Å². The highest BCUT2D eigenvalue weighted by Gasteiger charge is 2.30. The van der Waals surface area contributed by atoms with E-state index in [9.17, 15) is 4.39 Å². The van der Waals surface area contributed by atoms with Crippen LogP contribution in [0.25, 0.3) is 10.9 Å². The summed E-state index contributed by atoms with van der Waals surface area (Å²) in [5.74, 6) is 0.103. The zero-order chi connectivity index (χ0) is 13.2. The van der Waals surface area contributed by atoms with Crippen LogP contribution in [-0.2, 0) is 6.42 Å². The Hall–Kier alpha value is -1.31. The number of fused-ring (bicyclic) bond motifs is 1. The summed E-state index contributed by atoms with van der Waals surface area (Å²) in [7, 11) is 0. The van der Waals surface area contributed by atoms with Crippen LogP contribution in [0.15, 0.2) is 24.3 Å². The zero-order valence-corrected chi connectivity index (χ0v) is 11.6. The van der Waals surface area contributed by atoms with Gasteiger partial charge in [0, 0.05) is 22.5 Å². The molecule has 3 rings (SSSR count). The van der Waals surface area contributed by atoms with Crippen molar-refractivity contribution in [2.45, 2.75) is 57.5 Å². The maximum Gasteiger partial charge on any atom is 0.107 e. The smallest absolute Gasteiger partial charge is 0.107 e. The first kappa shape index (κ1) is 12.7. The molecule has 1 aliphatic rings. The Labute approximate surface area is 114 Å². The number of aromatic amines is 1. The van der Waals surface area contributed by atoms with Crippen molar-refractivity contribution in [1.82, 2.24) is 4.98 Å². The molecule has 0 amide bonds. The van der Waals surface area contributed by atoms with E-state index in [1.807, 2.05) is 6.07 Å². The minimum atomic E-state index is -0.663. The third-order valence-corrected chi connectivity index (χ3v) is 4.38. The Morgan fingerprint density at radius 1 is 1.21 bits per heavy atom. The number of hydrogen-bond donors (Lipinski definition) is 1. The molecule has 1 aliphatic carbocycles. The second-order valence-electron chi connectivity index (χ2n) is 5.72. The Bertz CT molecular complexity index is 557. The number of H-pyrrole nitrogens is 1. The van der Waals surface area contributed by atoms with Gasteiger partial charge < -0.3 is 4.98 Å². The average Bonchev–Trinajstić information content (AvgIpc) is 2.78. The lowest BCUT2D eigenvalue weighted by atomic mass is 9.81. The van der Waals surface area contributed by atoms with Crippen LogP contribution < -0.4 is 0 Å². The first-order valence-electron chi connectivity index (χ1n) is 7.54. The molecule has 1 aromatic carbocycles. The molecule has 1 nitrogen and oxygen atoms in total. The number of para-hydroxylation sites is 1. The maximum absolute atomic E-state index is 14.3. The molecule has 0 aliphatic heterocycles. The monoisotopic (exact) mass is 259 g/mol. The van der Waals surface area contributed by atoms with Crippen LogP contribution in [0.3, 0.4) is 0 Å². The summed E-state index contributed by atoms with van der Waals surface area (Å²) in [6, 6.07) is 8.35. The summed E-state index contributed by atoms with van der Waals surface area (Å²) in [5, 5.41) is 1.24. The summed E-state index contributed by atoms with van der Waals surface area (Å²) in [5.41, 5.74) is 3.70. The minimum Gasteiger partial charge on any atom is -0.358 e. The van der Waals surface area contributed by atoms with Gasteiger partial charge in [-0.25, -0.2) is 4.39 Å². The molecule has 1 fully saturated rings. The molecular weight excluding hydrogens is 237 g/mol. The second-order valence-corrected chi connectivity index (χ2v) is 5.72. The van der Waals surface area contributed by atoms with Crippen molar-refractivity contribution >= 4 is 10.9 Å². The molecule has 0 spiro atoms. The lowest BCUT2D eigenvalue weighted by Gasteiger charge is -2.26. The molecular formula is C17H22FN. The fourth-order valence-electron chi connectivity index (χ4n) is 3.50. The molecule has 102 valence electrons. The number of aryl methyl sites for hydroxylation is 1. The highest BCUT2D eigenvalue weighted by Crippen LogP contribution is 2.40. The molecule has 0 radical (unpaired) electrons. The fourth-order valence-corrected chi connectivity index (χ4v) is 3.50. The third-order valence-electron chi connectivity index (χ3n) is 4.38. The number of hydrogen-bond acceptors (Lipinski definition) is 0.